The average Bonchev–Trinajstić information content (AvgIpc) is 2.74. The van der Waals surface area contributed by atoms with Crippen molar-refractivity contribution in [3.63, 3.8) is 0 Å². The van der Waals surface area contributed by atoms with E-state index in [0.29, 0.717) is 10.3 Å². The van der Waals surface area contributed by atoms with Crippen LogP contribution >= 0.6 is 11.3 Å². The Bertz CT molecular complexity index is 641. The standard InChI is InChI=1S/C11H10O6S/c1-15-6-4-8-7(17-11(14)18-8)3-5(6)9(12)10(13)16-2/h3-4,9,12H,1-2H3. The van der Waals surface area contributed by atoms with Gasteiger partial charge in [-0.1, -0.05) is 11.3 Å². The second-order valence-electron chi connectivity index (χ2n) is 3.42. The molecule has 1 aromatic carbocycles. The molecule has 0 bridgehead atoms. The maximum atomic E-state index is 11.3. The fourth-order valence-electron chi connectivity index (χ4n) is 1.55. The molecule has 7 heteroatoms. The number of fused-ring (bicyclic) bond motifs is 1. The van der Waals surface area contributed by atoms with Gasteiger partial charge in [0.1, 0.15) is 11.3 Å². The summed E-state index contributed by atoms with van der Waals surface area (Å²) in [6.45, 7) is 0. The number of methoxy groups -OCH3 is 2. The van der Waals surface area contributed by atoms with E-state index in [1.54, 1.807) is 0 Å². The summed E-state index contributed by atoms with van der Waals surface area (Å²) in [5.74, 6) is -0.525. The van der Waals surface area contributed by atoms with Gasteiger partial charge in [-0.3, -0.25) is 0 Å². The van der Waals surface area contributed by atoms with Gasteiger partial charge < -0.3 is 19.0 Å². The molecule has 1 aromatic heterocycles. The predicted molar refractivity (Wildman–Crippen MR) is 63.9 cm³/mol. The maximum Gasteiger partial charge on any atom is 0.396 e. The first kappa shape index (κ1) is 12.6. The van der Waals surface area contributed by atoms with Crippen molar-refractivity contribution in [2.45, 2.75) is 6.10 Å². The molecule has 1 N–H and O–H groups in total. The van der Waals surface area contributed by atoms with Gasteiger partial charge in [0.25, 0.3) is 0 Å². The largest absolute Gasteiger partial charge is 0.496 e. The van der Waals surface area contributed by atoms with E-state index in [-0.39, 0.29) is 11.3 Å². The molecule has 0 aliphatic rings. The third kappa shape index (κ3) is 2.09. The number of benzene rings is 1. The zero-order chi connectivity index (χ0) is 13.3. The van der Waals surface area contributed by atoms with Crippen LogP contribution < -0.4 is 9.68 Å². The smallest absolute Gasteiger partial charge is 0.396 e. The number of hydrogen-bond donors (Lipinski definition) is 1. The van der Waals surface area contributed by atoms with Gasteiger partial charge in [-0.25, -0.2) is 9.59 Å². The van der Waals surface area contributed by atoms with Crippen LogP contribution in [0.3, 0.4) is 0 Å². The van der Waals surface area contributed by atoms with Gasteiger partial charge in [-0.15, -0.1) is 0 Å². The molecule has 6 nitrogen and oxygen atoms in total. The van der Waals surface area contributed by atoms with Gasteiger partial charge in [0, 0.05) is 11.6 Å². The minimum atomic E-state index is -1.49. The van der Waals surface area contributed by atoms with E-state index in [1.165, 1.54) is 26.4 Å². The first-order valence-electron chi connectivity index (χ1n) is 4.94. The van der Waals surface area contributed by atoms with Gasteiger partial charge in [0.05, 0.1) is 18.9 Å². The lowest BCUT2D eigenvalue weighted by molar-refractivity contribution is -0.150. The second kappa shape index (κ2) is 4.79. The molecule has 0 fully saturated rings. The molecule has 0 radical (unpaired) electrons. The van der Waals surface area contributed by atoms with E-state index in [1.807, 2.05) is 0 Å². The highest BCUT2D eigenvalue weighted by molar-refractivity contribution is 7.16. The lowest BCUT2D eigenvalue weighted by atomic mass is 10.1. The first-order valence-corrected chi connectivity index (χ1v) is 5.76. The van der Waals surface area contributed by atoms with Gasteiger partial charge in [-0.2, -0.15) is 0 Å². The molecular weight excluding hydrogens is 260 g/mol. The molecule has 2 aromatic rings. The van der Waals surface area contributed by atoms with E-state index >= 15 is 0 Å². The summed E-state index contributed by atoms with van der Waals surface area (Å²) < 4.78 is 15.0. The fraction of sp³-hybridized carbons (Fsp3) is 0.273. The lowest BCUT2D eigenvalue weighted by Crippen LogP contribution is -2.14. The first-order chi connectivity index (χ1) is 8.56. The number of hydrogen-bond acceptors (Lipinski definition) is 7. The summed E-state index contributed by atoms with van der Waals surface area (Å²) in [4.78, 5) is 22.0. The molecule has 0 spiro atoms. The SMILES string of the molecule is COC(=O)C(O)c1cc2oc(=O)sc2cc1OC. The van der Waals surface area contributed by atoms with E-state index in [4.69, 9.17) is 9.15 Å². The predicted octanol–water partition coefficient (Wildman–Crippen LogP) is 1.07. The summed E-state index contributed by atoms with van der Waals surface area (Å²) in [6.07, 6.45) is -1.49. The fourth-order valence-corrected chi connectivity index (χ4v) is 2.22. The lowest BCUT2D eigenvalue weighted by Gasteiger charge is -2.12. The Morgan fingerprint density at radius 1 is 1.44 bits per heavy atom. The molecule has 0 aliphatic heterocycles. The summed E-state index contributed by atoms with van der Waals surface area (Å²) in [5.41, 5.74) is 0.488. The summed E-state index contributed by atoms with van der Waals surface area (Å²) in [5, 5.41) is 9.80. The molecule has 18 heavy (non-hydrogen) atoms. The van der Waals surface area contributed by atoms with E-state index in [0.717, 1.165) is 11.3 Å². The summed E-state index contributed by atoms with van der Waals surface area (Å²) in [7, 11) is 2.57. The number of ether oxygens (including phenoxy) is 2. The summed E-state index contributed by atoms with van der Waals surface area (Å²) in [6, 6.07) is 2.93. The molecule has 2 rings (SSSR count). The van der Waals surface area contributed by atoms with Crippen LogP contribution in [0.2, 0.25) is 0 Å². The van der Waals surface area contributed by atoms with Crippen LogP contribution in [-0.4, -0.2) is 25.3 Å². The highest BCUT2D eigenvalue weighted by atomic mass is 32.1. The monoisotopic (exact) mass is 270 g/mol. The molecule has 0 saturated heterocycles. The van der Waals surface area contributed by atoms with E-state index in [2.05, 4.69) is 4.74 Å². The molecule has 1 atom stereocenters. The van der Waals surface area contributed by atoms with Gasteiger partial charge >= 0.3 is 10.9 Å². The van der Waals surface area contributed by atoms with E-state index in [9.17, 15) is 14.7 Å². The Hall–Kier alpha value is -1.86. The molecule has 1 unspecified atom stereocenters. The van der Waals surface area contributed by atoms with Crippen LogP contribution in [0.5, 0.6) is 5.75 Å². The van der Waals surface area contributed by atoms with Crippen molar-refractivity contribution in [2.24, 2.45) is 0 Å². The number of carbonyl (C=O) groups is 1. The molecule has 0 saturated carbocycles. The Balaban J connectivity index is 2.60. The van der Waals surface area contributed by atoms with Crippen molar-refractivity contribution >= 4 is 27.6 Å². The van der Waals surface area contributed by atoms with Crippen molar-refractivity contribution < 1.29 is 23.8 Å². The summed E-state index contributed by atoms with van der Waals surface area (Å²) >= 11 is 0.916. The van der Waals surface area contributed by atoms with Crippen molar-refractivity contribution in [1.82, 2.24) is 0 Å². The minimum absolute atomic E-state index is 0.193. The third-order valence-corrected chi connectivity index (χ3v) is 3.19. The molecule has 1 heterocycles. The molecule has 0 aliphatic carbocycles. The Morgan fingerprint density at radius 3 is 2.78 bits per heavy atom. The highest BCUT2D eigenvalue weighted by Gasteiger charge is 2.23. The Kier molecular flexibility index (Phi) is 3.35. The maximum absolute atomic E-state index is 11.3. The van der Waals surface area contributed by atoms with Gasteiger partial charge in [-0.05, 0) is 6.07 Å². The van der Waals surface area contributed by atoms with Crippen molar-refractivity contribution in [3.05, 3.63) is 27.4 Å². The number of aliphatic hydroxyl groups is 1. The minimum Gasteiger partial charge on any atom is -0.496 e. The van der Waals surface area contributed by atoms with Crippen LogP contribution in [0.1, 0.15) is 11.7 Å². The normalized spacial score (nSPS) is 12.4. The molecular formula is C11H10O6S. The Morgan fingerprint density at radius 2 is 2.17 bits per heavy atom. The molecule has 0 amide bonds. The van der Waals surface area contributed by atoms with Crippen LogP contribution in [0, 0.1) is 0 Å². The van der Waals surface area contributed by atoms with Crippen LogP contribution in [0.15, 0.2) is 21.3 Å². The third-order valence-electron chi connectivity index (χ3n) is 2.40. The average molecular weight is 270 g/mol. The zero-order valence-corrected chi connectivity index (χ0v) is 10.4. The number of rotatable bonds is 3. The number of aliphatic hydroxyl groups excluding tert-OH is 1. The number of esters is 1. The highest BCUT2D eigenvalue weighted by Crippen LogP contribution is 2.32. The second-order valence-corrected chi connectivity index (χ2v) is 4.40. The topological polar surface area (TPSA) is 86.0 Å². The van der Waals surface area contributed by atoms with Crippen LogP contribution in [0.25, 0.3) is 10.3 Å². The van der Waals surface area contributed by atoms with Crippen LogP contribution in [-0.2, 0) is 9.53 Å². The molecule has 96 valence electrons. The zero-order valence-electron chi connectivity index (χ0n) is 9.63. The van der Waals surface area contributed by atoms with Gasteiger partial charge in [0.2, 0.25) is 0 Å². The van der Waals surface area contributed by atoms with Gasteiger partial charge in [0.15, 0.2) is 6.10 Å². The van der Waals surface area contributed by atoms with Crippen molar-refractivity contribution in [3.8, 4) is 5.75 Å². The van der Waals surface area contributed by atoms with Crippen molar-refractivity contribution in [1.29, 1.82) is 0 Å². The van der Waals surface area contributed by atoms with Crippen molar-refractivity contribution in [2.75, 3.05) is 14.2 Å². The van der Waals surface area contributed by atoms with E-state index < -0.39 is 17.0 Å². The van der Waals surface area contributed by atoms with Crippen LogP contribution in [0.4, 0.5) is 0 Å². The number of carbonyl (C=O) groups excluding carboxylic acids is 1. The quantitative estimate of drug-likeness (QED) is 0.839. The Labute approximate surface area is 105 Å².